The number of carbonyl (C=O) groups excluding carboxylic acids is 1. The lowest BCUT2D eigenvalue weighted by molar-refractivity contribution is -0.122. The number of nitrogens with zero attached hydrogens (tertiary/aromatic N) is 1. The van der Waals surface area contributed by atoms with E-state index in [0.29, 0.717) is 6.54 Å². The minimum Gasteiger partial charge on any atom is -0.353 e. The van der Waals surface area contributed by atoms with E-state index in [0.717, 1.165) is 13.1 Å². The molecule has 0 fully saturated rings. The van der Waals surface area contributed by atoms with Crippen molar-refractivity contribution < 1.29 is 9.90 Å². The van der Waals surface area contributed by atoms with Gasteiger partial charge in [-0.15, -0.1) is 0 Å². The quantitative estimate of drug-likeness (QED) is 0.572. The molecule has 1 amide bonds. The largest absolute Gasteiger partial charge is 0.353 e. The monoisotopic (exact) mass is 169 g/mol. The lowest BCUT2D eigenvalue weighted by Crippen LogP contribution is -2.37. The highest BCUT2D eigenvalue weighted by atomic mass is 16.3. The summed E-state index contributed by atoms with van der Waals surface area (Å²) in [6, 6.07) is 0. The number of rotatable bonds is 4. The summed E-state index contributed by atoms with van der Waals surface area (Å²) in [7, 11) is 0. The molecule has 4 nitrogen and oxygen atoms in total. The van der Waals surface area contributed by atoms with Crippen molar-refractivity contribution in [3.63, 3.8) is 0 Å². The van der Waals surface area contributed by atoms with E-state index in [1.54, 1.807) is 0 Å². The van der Waals surface area contributed by atoms with Crippen LogP contribution in [-0.4, -0.2) is 43.6 Å². The third-order valence-corrected chi connectivity index (χ3v) is 1.69. The zero-order chi connectivity index (χ0) is 8.81. The maximum Gasteiger partial charge on any atom is 0.234 e. The highest BCUT2D eigenvalue weighted by molar-refractivity contribution is 5.78. The van der Waals surface area contributed by atoms with Gasteiger partial charge in [0.15, 0.2) is 0 Å². The Morgan fingerprint density at radius 2 is 2.08 bits per heavy atom. The second-order valence-corrected chi connectivity index (χ2v) is 2.72. The predicted molar refractivity (Wildman–Crippen MR) is 44.1 cm³/mol. The van der Waals surface area contributed by atoms with Gasteiger partial charge in [0.2, 0.25) is 5.91 Å². The summed E-state index contributed by atoms with van der Waals surface area (Å²) < 4.78 is 0. The normalized spacial score (nSPS) is 16.8. The Hall–Kier alpha value is -0.870. The summed E-state index contributed by atoms with van der Waals surface area (Å²) in [5.41, 5.74) is 0. The number of amides is 1. The van der Waals surface area contributed by atoms with Gasteiger partial charge >= 0.3 is 0 Å². The van der Waals surface area contributed by atoms with E-state index in [1.165, 1.54) is 0 Å². The van der Waals surface area contributed by atoms with Crippen molar-refractivity contribution in [1.82, 2.24) is 10.2 Å². The fraction of sp³-hybridized carbons (Fsp3) is 0.625. The van der Waals surface area contributed by atoms with Crippen LogP contribution >= 0.6 is 0 Å². The van der Waals surface area contributed by atoms with Crippen molar-refractivity contribution in [3.8, 4) is 0 Å². The molecular formula is C8H13N2O2. The number of hydrogen-bond acceptors (Lipinski definition) is 2. The average molecular weight is 169 g/mol. The molecule has 0 aromatic rings. The Balaban J connectivity index is 2.09. The summed E-state index contributed by atoms with van der Waals surface area (Å²) in [5, 5.41) is 12.6. The van der Waals surface area contributed by atoms with Crippen LogP contribution in [0.15, 0.2) is 12.2 Å². The van der Waals surface area contributed by atoms with Crippen LogP contribution in [0.4, 0.5) is 0 Å². The molecule has 67 valence electrons. The first kappa shape index (κ1) is 9.22. The first-order valence-corrected chi connectivity index (χ1v) is 4.05. The molecule has 0 atom stereocenters. The molecule has 0 bridgehead atoms. The van der Waals surface area contributed by atoms with Gasteiger partial charge in [-0.2, -0.15) is 0 Å². The third-order valence-electron chi connectivity index (χ3n) is 1.69. The average Bonchev–Trinajstić information content (AvgIpc) is 2.53. The maximum absolute atomic E-state index is 11.0. The molecular weight excluding hydrogens is 156 g/mol. The zero-order valence-corrected chi connectivity index (χ0v) is 6.95. The molecule has 0 aromatic heterocycles. The molecule has 1 N–H and O–H groups in total. The lowest BCUT2D eigenvalue weighted by Gasteiger charge is -2.13. The Bertz CT molecular complexity index is 172. The van der Waals surface area contributed by atoms with E-state index in [-0.39, 0.29) is 19.1 Å². The molecule has 1 aliphatic heterocycles. The molecule has 1 aliphatic rings. The van der Waals surface area contributed by atoms with E-state index in [9.17, 15) is 9.90 Å². The zero-order valence-electron chi connectivity index (χ0n) is 6.95. The van der Waals surface area contributed by atoms with Crippen molar-refractivity contribution in [2.24, 2.45) is 0 Å². The Kier molecular flexibility index (Phi) is 3.76. The van der Waals surface area contributed by atoms with Crippen molar-refractivity contribution in [2.45, 2.75) is 0 Å². The Labute approximate surface area is 71.9 Å². The number of hydrogen-bond donors (Lipinski definition) is 1. The molecule has 4 heteroatoms. The topological polar surface area (TPSA) is 52.2 Å². The van der Waals surface area contributed by atoms with Crippen LogP contribution in [0.3, 0.4) is 0 Å². The van der Waals surface area contributed by atoms with E-state index < -0.39 is 0 Å². The minimum absolute atomic E-state index is 0.0606. The molecule has 1 radical (unpaired) electrons. The van der Waals surface area contributed by atoms with Gasteiger partial charge in [0.25, 0.3) is 0 Å². The predicted octanol–water partition coefficient (Wildman–Crippen LogP) is -0.595. The van der Waals surface area contributed by atoms with Crippen LogP contribution < -0.4 is 5.32 Å². The van der Waals surface area contributed by atoms with E-state index in [4.69, 9.17) is 0 Å². The van der Waals surface area contributed by atoms with E-state index >= 15 is 0 Å². The van der Waals surface area contributed by atoms with Gasteiger partial charge in [0, 0.05) is 19.6 Å². The number of carbonyl (C=O) groups is 1. The van der Waals surface area contributed by atoms with Crippen LogP contribution in [-0.2, 0) is 9.90 Å². The molecule has 0 aliphatic carbocycles. The highest BCUT2D eigenvalue weighted by Gasteiger charge is 2.10. The summed E-state index contributed by atoms with van der Waals surface area (Å²) in [6.07, 6.45) is 4.06. The number of nitrogens with one attached hydrogen (secondary N) is 1. The fourth-order valence-corrected chi connectivity index (χ4v) is 1.10. The van der Waals surface area contributed by atoms with Crippen LogP contribution in [0.25, 0.3) is 0 Å². The summed E-state index contributed by atoms with van der Waals surface area (Å²) >= 11 is 0. The maximum atomic E-state index is 11.0. The lowest BCUT2D eigenvalue weighted by atomic mass is 10.5. The molecule has 1 rings (SSSR count). The van der Waals surface area contributed by atoms with Gasteiger partial charge in [-0.1, -0.05) is 12.2 Å². The van der Waals surface area contributed by atoms with Gasteiger partial charge in [-0.25, -0.2) is 5.11 Å². The first-order chi connectivity index (χ1) is 5.83. The molecule has 12 heavy (non-hydrogen) atoms. The molecule has 0 spiro atoms. The molecule has 0 saturated carbocycles. The van der Waals surface area contributed by atoms with Crippen LogP contribution in [0.2, 0.25) is 0 Å². The Morgan fingerprint density at radius 1 is 1.42 bits per heavy atom. The van der Waals surface area contributed by atoms with Crippen molar-refractivity contribution in [2.75, 3.05) is 32.8 Å². The SMILES string of the molecule is [O]CCNC(=O)CN1CC=CC1. The summed E-state index contributed by atoms with van der Waals surface area (Å²) in [6.45, 7) is 2.06. The minimum atomic E-state index is -0.246. The van der Waals surface area contributed by atoms with Gasteiger partial charge in [-0.3, -0.25) is 9.69 Å². The van der Waals surface area contributed by atoms with Gasteiger partial charge in [0.05, 0.1) is 13.2 Å². The van der Waals surface area contributed by atoms with Crippen molar-refractivity contribution in [3.05, 3.63) is 12.2 Å². The first-order valence-electron chi connectivity index (χ1n) is 4.05. The molecule has 0 aromatic carbocycles. The van der Waals surface area contributed by atoms with E-state index in [2.05, 4.69) is 5.32 Å². The van der Waals surface area contributed by atoms with Gasteiger partial charge in [0.1, 0.15) is 0 Å². The van der Waals surface area contributed by atoms with Crippen molar-refractivity contribution >= 4 is 5.91 Å². The molecule has 0 unspecified atom stereocenters. The van der Waals surface area contributed by atoms with Crippen LogP contribution in [0.5, 0.6) is 0 Å². The van der Waals surface area contributed by atoms with Gasteiger partial charge < -0.3 is 5.32 Å². The standard InChI is InChI=1S/C8H13N2O2/c11-6-3-9-8(12)7-10-4-1-2-5-10/h1-2H,3-7H2,(H,9,12). The smallest absolute Gasteiger partial charge is 0.234 e. The Morgan fingerprint density at radius 3 is 2.67 bits per heavy atom. The van der Waals surface area contributed by atoms with E-state index in [1.807, 2.05) is 17.1 Å². The molecule has 0 saturated heterocycles. The highest BCUT2D eigenvalue weighted by Crippen LogP contribution is 1.96. The summed E-state index contributed by atoms with van der Waals surface area (Å²) in [5.74, 6) is -0.0606. The van der Waals surface area contributed by atoms with Crippen molar-refractivity contribution in [1.29, 1.82) is 0 Å². The third kappa shape index (κ3) is 3.02. The van der Waals surface area contributed by atoms with Gasteiger partial charge in [-0.05, 0) is 0 Å². The molecule has 1 heterocycles. The fourth-order valence-electron chi connectivity index (χ4n) is 1.10. The summed E-state index contributed by atoms with van der Waals surface area (Å²) in [4.78, 5) is 13.0. The van der Waals surface area contributed by atoms with Crippen LogP contribution in [0, 0.1) is 0 Å². The van der Waals surface area contributed by atoms with Crippen LogP contribution in [0.1, 0.15) is 0 Å². The second-order valence-electron chi connectivity index (χ2n) is 2.72. The second kappa shape index (κ2) is 4.90.